The van der Waals surface area contributed by atoms with Gasteiger partial charge in [-0.15, -0.1) is 0 Å². The Labute approximate surface area is 124 Å². The van der Waals surface area contributed by atoms with E-state index in [0.717, 1.165) is 13.0 Å². The Kier molecular flexibility index (Phi) is 4.24. The molecule has 1 aromatic rings. The van der Waals surface area contributed by atoms with Crippen molar-refractivity contribution in [1.29, 1.82) is 0 Å². The van der Waals surface area contributed by atoms with Gasteiger partial charge < -0.3 is 20.1 Å². The van der Waals surface area contributed by atoms with Crippen LogP contribution >= 0.6 is 0 Å². The standard InChI is InChI=1S/C16H22N2O3/c1-11-8-18(9-14(10-19)21-11)16(20)15-6-12-4-2-3-5-13(12)7-17-15/h2-5,11,14-15,17,19H,6-10H2,1H3. The summed E-state index contributed by atoms with van der Waals surface area (Å²) in [6.45, 7) is 3.69. The minimum atomic E-state index is -0.270. The number of aliphatic hydroxyl groups is 1. The maximum atomic E-state index is 12.7. The SMILES string of the molecule is CC1CN(C(=O)C2Cc3ccccc3CN2)CC(CO)O1. The van der Waals surface area contributed by atoms with Crippen LogP contribution in [0.3, 0.4) is 0 Å². The number of morpholine rings is 1. The second-order valence-electron chi connectivity index (χ2n) is 5.90. The Bertz CT molecular complexity index is 520. The summed E-state index contributed by atoms with van der Waals surface area (Å²) in [6, 6.07) is 8.06. The van der Waals surface area contributed by atoms with Crippen LogP contribution in [-0.4, -0.2) is 53.9 Å². The van der Waals surface area contributed by atoms with Gasteiger partial charge >= 0.3 is 0 Å². The van der Waals surface area contributed by atoms with Crippen LogP contribution in [0.25, 0.3) is 0 Å². The minimum Gasteiger partial charge on any atom is -0.394 e. The predicted molar refractivity (Wildman–Crippen MR) is 78.8 cm³/mol. The van der Waals surface area contributed by atoms with Crippen LogP contribution in [0.5, 0.6) is 0 Å². The predicted octanol–water partition coefficient (Wildman–Crippen LogP) is 0.309. The van der Waals surface area contributed by atoms with E-state index in [1.165, 1.54) is 11.1 Å². The van der Waals surface area contributed by atoms with Gasteiger partial charge in [-0.05, 0) is 24.5 Å². The number of carbonyl (C=O) groups excluding carboxylic acids is 1. The molecule has 3 rings (SSSR count). The lowest BCUT2D eigenvalue weighted by atomic mass is 9.95. The molecule has 1 aromatic carbocycles. The van der Waals surface area contributed by atoms with E-state index in [-0.39, 0.29) is 30.8 Å². The van der Waals surface area contributed by atoms with E-state index >= 15 is 0 Å². The number of nitrogens with one attached hydrogen (secondary N) is 1. The summed E-state index contributed by atoms with van der Waals surface area (Å²) in [6.07, 6.45) is 0.425. The first kappa shape index (κ1) is 14.5. The molecule has 5 heteroatoms. The number of ether oxygens (including phenoxy) is 1. The summed E-state index contributed by atoms with van der Waals surface area (Å²) in [5.41, 5.74) is 2.51. The van der Waals surface area contributed by atoms with E-state index in [4.69, 9.17) is 4.74 Å². The highest BCUT2D eigenvalue weighted by Gasteiger charge is 2.33. The van der Waals surface area contributed by atoms with Crippen LogP contribution in [0.15, 0.2) is 24.3 Å². The third-order valence-electron chi connectivity index (χ3n) is 4.22. The summed E-state index contributed by atoms with van der Waals surface area (Å²) in [4.78, 5) is 14.5. The third-order valence-corrected chi connectivity index (χ3v) is 4.22. The maximum absolute atomic E-state index is 12.7. The van der Waals surface area contributed by atoms with Crippen LogP contribution in [0.1, 0.15) is 18.1 Å². The molecule has 0 bridgehead atoms. The van der Waals surface area contributed by atoms with Gasteiger partial charge in [-0.2, -0.15) is 0 Å². The summed E-state index contributed by atoms with van der Waals surface area (Å²) < 4.78 is 5.60. The van der Waals surface area contributed by atoms with Gasteiger partial charge in [0.2, 0.25) is 5.91 Å². The van der Waals surface area contributed by atoms with Crippen molar-refractivity contribution in [2.75, 3.05) is 19.7 Å². The van der Waals surface area contributed by atoms with E-state index in [1.807, 2.05) is 24.0 Å². The third kappa shape index (κ3) is 3.10. The molecule has 21 heavy (non-hydrogen) atoms. The topological polar surface area (TPSA) is 61.8 Å². The molecule has 3 atom stereocenters. The number of carbonyl (C=O) groups is 1. The number of amides is 1. The van der Waals surface area contributed by atoms with E-state index in [0.29, 0.717) is 13.1 Å². The van der Waals surface area contributed by atoms with Gasteiger partial charge in [0.1, 0.15) is 0 Å². The Balaban J connectivity index is 1.68. The highest BCUT2D eigenvalue weighted by atomic mass is 16.5. The van der Waals surface area contributed by atoms with Crippen molar-refractivity contribution in [2.24, 2.45) is 0 Å². The Morgan fingerprint density at radius 3 is 2.90 bits per heavy atom. The van der Waals surface area contributed by atoms with Crippen molar-refractivity contribution in [1.82, 2.24) is 10.2 Å². The first-order valence-electron chi connectivity index (χ1n) is 7.52. The molecule has 0 radical (unpaired) electrons. The Morgan fingerprint density at radius 1 is 1.38 bits per heavy atom. The molecule has 2 aliphatic rings. The monoisotopic (exact) mass is 290 g/mol. The van der Waals surface area contributed by atoms with E-state index < -0.39 is 0 Å². The number of benzene rings is 1. The van der Waals surface area contributed by atoms with Crippen molar-refractivity contribution >= 4 is 5.91 Å². The number of rotatable bonds is 2. The van der Waals surface area contributed by atoms with Crippen LogP contribution in [-0.2, 0) is 22.5 Å². The quantitative estimate of drug-likeness (QED) is 0.823. The summed E-state index contributed by atoms with van der Waals surface area (Å²) in [5, 5.41) is 12.6. The lowest BCUT2D eigenvalue weighted by Crippen LogP contribution is -2.56. The molecule has 0 spiro atoms. The molecule has 1 saturated heterocycles. The molecule has 2 heterocycles. The fourth-order valence-corrected chi connectivity index (χ4v) is 3.18. The first-order valence-corrected chi connectivity index (χ1v) is 7.52. The lowest BCUT2D eigenvalue weighted by molar-refractivity contribution is -0.149. The highest BCUT2D eigenvalue weighted by Crippen LogP contribution is 2.19. The van der Waals surface area contributed by atoms with Crippen molar-refractivity contribution in [3.05, 3.63) is 35.4 Å². The molecule has 2 N–H and O–H groups in total. The van der Waals surface area contributed by atoms with Crippen molar-refractivity contribution in [2.45, 2.75) is 38.1 Å². The molecule has 3 unspecified atom stereocenters. The van der Waals surface area contributed by atoms with Gasteiger partial charge in [0.15, 0.2) is 0 Å². The average molecular weight is 290 g/mol. The number of fused-ring (bicyclic) bond motifs is 1. The Morgan fingerprint density at radius 2 is 2.14 bits per heavy atom. The molecule has 2 aliphatic heterocycles. The van der Waals surface area contributed by atoms with E-state index in [1.54, 1.807) is 0 Å². The van der Waals surface area contributed by atoms with Gasteiger partial charge in [0.25, 0.3) is 0 Å². The molecule has 114 valence electrons. The highest BCUT2D eigenvalue weighted by molar-refractivity contribution is 5.82. The number of aliphatic hydroxyl groups excluding tert-OH is 1. The molecule has 0 saturated carbocycles. The largest absolute Gasteiger partial charge is 0.394 e. The normalized spacial score (nSPS) is 29.0. The fraction of sp³-hybridized carbons (Fsp3) is 0.562. The van der Waals surface area contributed by atoms with Crippen molar-refractivity contribution in [3.63, 3.8) is 0 Å². The van der Waals surface area contributed by atoms with Crippen LogP contribution in [0.2, 0.25) is 0 Å². The van der Waals surface area contributed by atoms with Crippen LogP contribution in [0.4, 0.5) is 0 Å². The summed E-state index contributed by atoms with van der Waals surface area (Å²) >= 11 is 0. The molecule has 5 nitrogen and oxygen atoms in total. The Hall–Kier alpha value is -1.43. The maximum Gasteiger partial charge on any atom is 0.240 e. The zero-order chi connectivity index (χ0) is 14.8. The molecular formula is C16H22N2O3. The zero-order valence-electron chi connectivity index (χ0n) is 12.3. The van der Waals surface area contributed by atoms with Crippen LogP contribution in [0, 0.1) is 0 Å². The summed E-state index contributed by atoms with van der Waals surface area (Å²) in [5.74, 6) is 0.109. The van der Waals surface area contributed by atoms with Crippen LogP contribution < -0.4 is 5.32 Å². The van der Waals surface area contributed by atoms with Gasteiger partial charge in [0, 0.05) is 19.6 Å². The second kappa shape index (κ2) is 6.13. The van der Waals surface area contributed by atoms with E-state index in [2.05, 4.69) is 17.4 Å². The molecule has 0 aliphatic carbocycles. The minimum absolute atomic E-state index is 0.0317. The van der Waals surface area contributed by atoms with E-state index in [9.17, 15) is 9.90 Å². The number of nitrogens with zero attached hydrogens (tertiary/aromatic N) is 1. The fourth-order valence-electron chi connectivity index (χ4n) is 3.18. The number of hydrogen-bond donors (Lipinski definition) is 2. The molecule has 1 amide bonds. The zero-order valence-corrected chi connectivity index (χ0v) is 12.3. The molecular weight excluding hydrogens is 268 g/mol. The number of hydrogen-bond acceptors (Lipinski definition) is 4. The van der Waals surface area contributed by atoms with Gasteiger partial charge in [-0.25, -0.2) is 0 Å². The average Bonchev–Trinajstić information content (AvgIpc) is 2.53. The smallest absolute Gasteiger partial charge is 0.240 e. The first-order chi connectivity index (χ1) is 10.2. The van der Waals surface area contributed by atoms with Gasteiger partial charge in [0.05, 0.1) is 24.9 Å². The summed E-state index contributed by atoms with van der Waals surface area (Å²) in [7, 11) is 0. The van der Waals surface area contributed by atoms with Gasteiger partial charge in [-0.1, -0.05) is 24.3 Å². The lowest BCUT2D eigenvalue weighted by Gasteiger charge is -2.38. The van der Waals surface area contributed by atoms with Crippen molar-refractivity contribution in [3.8, 4) is 0 Å². The van der Waals surface area contributed by atoms with Gasteiger partial charge in [-0.3, -0.25) is 4.79 Å². The van der Waals surface area contributed by atoms with Crippen molar-refractivity contribution < 1.29 is 14.6 Å². The second-order valence-corrected chi connectivity index (χ2v) is 5.90. The molecule has 0 aromatic heterocycles. The molecule has 1 fully saturated rings.